The number of amides is 2. The highest BCUT2D eigenvalue weighted by Crippen LogP contribution is 2.27. The molecule has 0 spiro atoms. The first kappa shape index (κ1) is 23.1. The molecule has 0 radical (unpaired) electrons. The van der Waals surface area contributed by atoms with Crippen LogP contribution in [0.1, 0.15) is 45.1 Å². The number of benzene rings is 2. The van der Waals surface area contributed by atoms with E-state index in [1.54, 1.807) is 17.5 Å². The van der Waals surface area contributed by atoms with Crippen molar-refractivity contribution < 1.29 is 14.0 Å². The van der Waals surface area contributed by atoms with Gasteiger partial charge in [0.2, 0.25) is 5.91 Å². The van der Waals surface area contributed by atoms with Crippen LogP contribution in [0.3, 0.4) is 0 Å². The van der Waals surface area contributed by atoms with Gasteiger partial charge in [-0.25, -0.2) is 4.98 Å². The van der Waals surface area contributed by atoms with Crippen molar-refractivity contribution in [2.45, 2.75) is 39.2 Å². The number of rotatable bonds is 7. The molecule has 2 amide bonds. The second-order valence-electron chi connectivity index (χ2n) is 8.71. The minimum atomic E-state index is -0.0894. The maximum atomic E-state index is 13.2. The number of oxazole rings is 1. The van der Waals surface area contributed by atoms with Crippen LogP contribution < -0.4 is 5.32 Å². The van der Waals surface area contributed by atoms with E-state index in [2.05, 4.69) is 21.7 Å². The lowest BCUT2D eigenvalue weighted by molar-refractivity contribution is -0.116. The maximum Gasteiger partial charge on any atom is 0.254 e. The number of hydrogen-bond donors (Lipinski definition) is 1. The van der Waals surface area contributed by atoms with E-state index in [-0.39, 0.29) is 11.8 Å². The Morgan fingerprint density at radius 1 is 1.11 bits per heavy atom. The predicted octanol–water partition coefficient (Wildman–Crippen LogP) is 5.87. The van der Waals surface area contributed by atoms with E-state index >= 15 is 0 Å². The second kappa shape index (κ2) is 10.3. The Balaban J connectivity index is 1.16. The molecule has 2 aromatic carbocycles. The molecule has 178 valence electrons. The summed E-state index contributed by atoms with van der Waals surface area (Å²) in [6.07, 6.45) is 4.16. The summed E-state index contributed by atoms with van der Waals surface area (Å²) < 4.78 is 5.82. The zero-order chi connectivity index (χ0) is 24.2. The van der Waals surface area contributed by atoms with Gasteiger partial charge in [-0.1, -0.05) is 36.4 Å². The topological polar surface area (TPSA) is 75.4 Å². The van der Waals surface area contributed by atoms with Crippen LogP contribution in [-0.2, 0) is 24.2 Å². The number of carbonyl (C=O) groups is 2. The van der Waals surface area contributed by atoms with Gasteiger partial charge in [-0.3, -0.25) is 9.59 Å². The Bertz CT molecular complexity index is 1340. The van der Waals surface area contributed by atoms with E-state index in [4.69, 9.17) is 4.42 Å². The van der Waals surface area contributed by atoms with Gasteiger partial charge in [-0.15, -0.1) is 11.3 Å². The quantitative estimate of drug-likeness (QED) is 0.355. The number of hydrogen-bond acceptors (Lipinski definition) is 5. The Labute approximate surface area is 208 Å². The molecule has 1 aliphatic heterocycles. The molecular weight excluding hydrogens is 458 g/mol. The van der Waals surface area contributed by atoms with Crippen LogP contribution in [0.5, 0.6) is 0 Å². The van der Waals surface area contributed by atoms with Gasteiger partial charge in [-0.05, 0) is 54.5 Å². The lowest BCUT2D eigenvalue weighted by atomic mass is 10.0. The molecule has 1 N–H and O–H groups in total. The van der Waals surface area contributed by atoms with Gasteiger partial charge in [0.05, 0.1) is 6.20 Å². The highest BCUT2D eigenvalue weighted by molar-refractivity contribution is 7.10. The number of nitrogens with one attached hydrogen (secondary N) is 1. The summed E-state index contributed by atoms with van der Waals surface area (Å²) in [5, 5.41) is 5.07. The normalized spacial score (nSPS) is 12.9. The van der Waals surface area contributed by atoms with E-state index in [0.29, 0.717) is 42.9 Å². The van der Waals surface area contributed by atoms with Crippen molar-refractivity contribution >= 4 is 28.8 Å². The molecule has 4 aromatic rings. The second-order valence-corrected chi connectivity index (χ2v) is 9.71. The lowest BCUT2D eigenvalue weighted by Gasteiger charge is -2.28. The molecule has 6 nitrogen and oxygen atoms in total. The summed E-state index contributed by atoms with van der Waals surface area (Å²) in [5.41, 5.74) is 4.32. The van der Waals surface area contributed by atoms with Gasteiger partial charge >= 0.3 is 0 Å². The number of thiophene rings is 1. The van der Waals surface area contributed by atoms with Gasteiger partial charge in [0, 0.05) is 47.6 Å². The third-order valence-electron chi connectivity index (χ3n) is 6.34. The van der Waals surface area contributed by atoms with Crippen molar-refractivity contribution in [3.05, 3.63) is 93.6 Å². The molecule has 7 heteroatoms. The number of anilines is 1. The van der Waals surface area contributed by atoms with E-state index in [1.807, 2.05) is 60.4 Å². The van der Waals surface area contributed by atoms with Crippen LogP contribution in [-0.4, -0.2) is 28.2 Å². The fourth-order valence-corrected chi connectivity index (χ4v) is 5.26. The van der Waals surface area contributed by atoms with Crippen molar-refractivity contribution in [3.63, 3.8) is 0 Å². The number of aryl methyl sites for hydroxylation is 1. The maximum absolute atomic E-state index is 13.2. The molecule has 0 atom stereocenters. The molecule has 0 saturated carbocycles. The van der Waals surface area contributed by atoms with Crippen molar-refractivity contribution in [2.75, 3.05) is 11.9 Å². The van der Waals surface area contributed by atoms with Gasteiger partial charge in [0.25, 0.3) is 5.91 Å². The minimum absolute atomic E-state index is 0.00793. The molecule has 2 aromatic heterocycles. The molecule has 0 aliphatic carbocycles. The average Bonchev–Trinajstić information content (AvgIpc) is 3.55. The standard InChI is InChI=1S/C28H27N3O3S/c1-19-22(28(33)31-15-13-25-21(18-31)14-16-35-25)9-5-10-23(19)30-26(32)11-6-12-27-29-17-24(34-27)20-7-3-2-4-8-20/h2-5,7-10,14,16-17H,6,11-13,15,18H2,1H3,(H,30,32). The van der Waals surface area contributed by atoms with Crippen LogP contribution >= 0.6 is 11.3 Å². The fourth-order valence-electron chi connectivity index (χ4n) is 4.37. The van der Waals surface area contributed by atoms with Crippen LogP contribution in [0.15, 0.2) is 70.6 Å². The molecule has 0 bridgehead atoms. The zero-order valence-electron chi connectivity index (χ0n) is 19.6. The van der Waals surface area contributed by atoms with E-state index in [1.165, 1.54) is 10.4 Å². The van der Waals surface area contributed by atoms with Gasteiger partial charge < -0.3 is 14.6 Å². The smallest absolute Gasteiger partial charge is 0.254 e. The highest BCUT2D eigenvalue weighted by Gasteiger charge is 2.24. The summed E-state index contributed by atoms with van der Waals surface area (Å²) in [7, 11) is 0. The Morgan fingerprint density at radius 3 is 2.83 bits per heavy atom. The monoisotopic (exact) mass is 485 g/mol. The first-order chi connectivity index (χ1) is 17.1. The van der Waals surface area contributed by atoms with Crippen molar-refractivity contribution in [1.29, 1.82) is 0 Å². The largest absolute Gasteiger partial charge is 0.441 e. The summed E-state index contributed by atoms with van der Waals surface area (Å²) >= 11 is 1.76. The van der Waals surface area contributed by atoms with Gasteiger partial charge in [-0.2, -0.15) is 0 Å². The Hall–Kier alpha value is -3.71. The summed E-state index contributed by atoms with van der Waals surface area (Å²) in [4.78, 5) is 33.4. The molecule has 35 heavy (non-hydrogen) atoms. The number of aromatic nitrogens is 1. The molecule has 0 unspecified atom stereocenters. The average molecular weight is 486 g/mol. The number of fused-ring (bicyclic) bond motifs is 1. The SMILES string of the molecule is Cc1c(NC(=O)CCCc2ncc(-c3ccccc3)o2)cccc1C(=O)N1CCc2sccc2C1. The third kappa shape index (κ3) is 5.20. The van der Waals surface area contributed by atoms with Crippen LogP contribution in [0.4, 0.5) is 5.69 Å². The molecular formula is C28H27N3O3S. The Morgan fingerprint density at radius 2 is 1.97 bits per heavy atom. The van der Waals surface area contributed by atoms with Crippen molar-refractivity contribution in [1.82, 2.24) is 9.88 Å². The Kier molecular flexibility index (Phi) is 6.77. The highest BCUT2D eigenvalue weighted by atomic mass is 32.1. The van der Waals surface area contributed by atoms with E-state index in [0.717, 1.165) is 29.9 Å². The van der Waals surface area contributed by atoms with E-state index in [9.17, 15) is 9.59 Å². The first-order valence-corrected chi connectivity index (χ1v) is 12.7. The lowest BCUT2D eigenvalue weighted by Crippen LogP contribution is -2.35. The third-order valence-corrected chi connectivity index (χ3v) is 7.36. The number of nitrogens with zero attached hydrogens (tertiary/aromatic N) is 2. The van der Waals surface area contributed by atoms with Crippen LogP contribution in [0, 0.1) is 6.92 Å². The molecule has 5 rings (SSSR count). The molecule has 0 saturated heterocycles. The van der Waals surface area contributed by atoms with Crippen LogP contribution in [0.25, 0.3) is 11.3 Å². The van der Waals surface area contributed by atoms with Crippen molar-refractivity contribution in [3.8, 4) is 11.3 Å². The predicted molar refractivity (Wildman–Crippen MR) is 137 cm³/mol. The van der Waals surface area contributed by atoms with E-state index < -0.39 is 0 Å². The summed E-state index contributed by atoms with van der Waals surface area (Å²) in [6, 6.07) is 17.4. The molecule has 3 heterocycles. The van der Waals surface area contributed by atoms with Gasteiger partial charge in [0.1, 0.15) is 0 Å². The molecule has 1 aliphatic rings. The minimum Gasteiger partial charge on any atom is -0.441 e. The number of carbonyl (C=O) groups excluding carboxylic acids is 2. The fraction of sp³-hybridized carbons (Fsp3) is 0.250. The van der Waals surface area contributed by atoms with Crippen LogP contribution in [0.2, 0.25) is 0 Å². The van der Waals surface area contributed by atoms with Crippen molar-refractivity contribution in [2.24, 2.45) is 0 Å². The zero-order valence-corrected chi connectivity index (χ0v) is 20.4. The summed E-state index contributed by atoms with van der Waals surface area (Å²) in [5.74, 6) is 1.27. The summed E-state index contributed by atoms with van der Waals surface area (Å²) in [6.45, 7) is 3.25. The first-order valence-electron chi connectivity index (χ1n) is 11.8. The van der Waals surface area contributed by atoms with Gasteiger partial charge in [0.15, 0.2) is 11.7 Å². The molecule has 0 fully saturated rings.